The minimum Gasteiger partial charge on any atom is -0.280 e. The van der Waals surface area contributed by atoms with Crippen molar-refractivity contribution in [3.63, 3.8) is 0 Å². The van der Waals surface area contributed by atoms with Crippen LogP contribution in [0.3, 0.4) is 0 Å². The Kier molecular flexibility index (Phi) is 5.31. The molecule has 2 heterocycles. The Morgan fingerprint density at radius 2 is 1.86 bits per heavy atom. The maximum atomic E-state index is 5.07. The first-order valence-corrected chi connectivity index (χ1v) is 11.3. The third-order valence-electron chi connectivity index (χ3n) is 6.00. The summed E-state index contributed by atoms with van der Waals surface area (Å²) < 4.78 is 1.42. The van der Waals surface area contributed by atoms with Gasteiger partial charge in [0.1, 0.15) is 0 Å². The Morgan fingerprint density at radius 1 is 1.14 bits per heavy atom. The third kappa shape index (κ3) is 3.40. The highest BCUT2D eigenvalue weighted by atomic mass is 32.1. The second-order valence-electron chi connectivity index (χ2n) is 8.33. The molecule has 1 nitrogen and oxygen atoms in total. The number of nitrogens with zero attached hydrogens (tertiary/aromatic N) is 1. The van der Waals surface area contributed by atoms with Gasteiger partial charge in [0.2, 0.25) is 0 Å². The van der Waals surface area contributed by atoms with Gasteiger partial charge in [-0.15, -0.1) is 11.3 Å². The van der Waals surface area contributed by atoms with Crippen molar-refractivity contribution in [1.29, 1.82) is 0 Å². The Balaban J connectivity index is 2.04. The van der Waals surface area contributed by atoms with Gasteiger partial charge in [-0.05, 0) is 59.5 Å². The molecule has 1 aliphatic heterocycles. The molecule has 1 aromatic heterocycles. The van der Waals surface area contributed by atoms with Crippen LogP contribution < -0.4 is 0 Å². The van der Waals surface area contributed by atoms with E-state index in [1.165, 1.54) is 37.2 Å². The number of aliphatic imine (C=N–C) groups is 1. The van der Waals surface area contributed by atoms with Gasteiger partial charge in [-0.25, -0.2) is 0 Å². The van der Waals surface area contributed by atoms with Crippen LogP contribution in [0.15, 0.2) is 71.8 Å². The molecule has 0 N–H and O–H groups in total. The van der Waals surface area contributed by atoms with Gasteiger partial charge in [0, 0.05) is 21.1 Å². The second-order valence-corrected chi connectivity index (χ2v) is 9.39. The van der Waals surface area contributed by atoms with Crippen LogP contribution in [0.2, 0.25) is 0 Å². The Labute approximate surface area is 178 Å². The zero-order valence-electron chi connectivity index (χ0n) is 18.0. The van der Waals surface area contributed by atoms with Crippen LogP contribution in [0.1, 0.15) is 63.1 Å². The molecular weight excluding hydrogens is 370 g/mol. The minimum absolute atomic E-state index is 0.245. The van der Waals surface area contributed by atoms with Crippen LogP contribution in [0.25, 0.3) is 20.5 Å². The van der Waals surface area contributed by atoms with Crippen molar-refractivity contribution in [2.24, 2.45) is 4.99 Å². The van der Waals surface area contributed by atoms with Crippen LogP contribution >= 0.6 is 11.3 Å². The predicted octanol–water partition coefficient (Wildman–Crippen LogP) is 8.12. The van der Waals surface area contributed by atoms with Gasteiger partial charge in [-0.1, -0.05) is 69.8 Å². The zero-order chi connectivity index (χ0) is 20.7. The summed E-state index contributed by atoms with van der Waals surface area (Å²) in [5.41, 5.74) is 7.47. The molecule has 148 valence electrons. The van der Waals surface area contributed by atoms with Crippen molar-refractivity contribution in [3.8, 4) is 10.4 Å². The fraction of sp³-hybridized carbons (Fsp3) is 0.296. The third-order valence-corrected chi connectivity index (χ3v) is 7.21. The largest absolute Gasteiger partial charge is 0.280 e. The smallest absolute Gasteiger partial charge is 0.0719 e. The molecule has 0 spiro atoms. The number of rotatable bonds is 4. The van der Waals surface area contributed by atoms with Crippen LogP contribution in [-0.4, -0.2) is 11.8 Å². The highest BCUT2D eigenvalue weighted by Crippen LogP contribution is 2.45. The summed E-state index contributed by atoms with van der Waals surface area (Å²) >= 11 is 1.93. The van der Waals surface area contributed by atoms with Crippen molar-refractivity contribution in [2.45, 2.75) is 52.5 Å². The van der Waals surface area contributed by atoms with Gasteiger partial charge in [-0.3, -0.25) is 4.99 Å². The van der Waals surface area contributed by atoms with E-state index in [9.17, 15) is 0 Å². The molecule has 2 atom stereocenters. The lowest BCUT2D eigenvalue weighted by Gasteiger charge is -2.29. The summed E-state index contributed by atoms with van der Waals surface area (Å²) in [6, 6.07) is 15.8. The zero-order valence-corrected chi connectivity index (χ0v) is 18.8. The normalized spacial score (nSPS) is 19.0. The van der Waals surface area contributed by atoms with Crippen LogP contribution in [0, 0.1) is 0 Å². The number of benzene rings is 2. The molecule has 0 fully saturated rings. The van der Waals surface area contributed by atoms with Gasteiger partial charge in [0.05, 0.1) is 11.8 Å². The van der Waals surface area contributed by atoms with Crippen LogP contribution in [0.5, 0.6) is 0 Å². The standard InChI is InChI=1S/C27H29NS/c1-7-11-17(4)26-23-14-21(16(2)3)22-15-24(20-12-9-8-10-13-20)29-27(22)25(23)18(5)19(6)28-26/h7-16,18-19H,4H2,1-3,5-6H3/b11-7-. The van der Waals surface area contributed by atoms with E-state index in [1.807, 2.05) is 24.3 Å². The lowest BCUT2D eigenvalue weighted by atomic mass is 9.81. The molecule has 2 heteroatoms. The molecular formula is C27H29NS. The molecule has 0 saturated carbocycles. The molecule has 2 unspecified atom stereocenters. The molecule has 3 aromatic rings. The average molecular weight is 400 g/mol. The lowest BCUT2D eigenvalue weighted by Crippen LogP contribution is -2.23. The maximum absolute atomic E-state index is 5.07. The predicted molar refractivity (Wildman–Crippen MR) is 130 cm³/mol. The molecule has 0 saturated heterocycles. The van der Waals surface area contributed by atoms with E-state index in [4.69, 9.17) is 4.99 Å². The molecule has 0 bridgehead atoms. The summed E-state index contributed by atoms with van der Waals surface area (Å²) in [5, 5.41) is 1.40. The summed E-state index contributed by atoms with van der Waals surface area (Å²) in [7, 11) is 0. The number of hydrogen-bond donors (Lipinski definition) is 0. The first kappa shape index (κ1) is 19.8. The number of allylic oxidation sites excluding steroid dienone is 3. The minimum atomic E-state index is 0.245. The lowest BCUT2D eigenvalue weighted by molar-refractivity contribution is 0.610. The number of fused-ring (bicyclic) bond motifs is 3. The Morgan fingerprint density at radius 3 is 2.52 bits per heavy atom. The van der Waals surface area contributed by atoms with E-state index in [0.717, 1.165) is 11.3 Å². The van der Waals surface area contributed by atoms with Crippen molar-refractivity contribution in [3.05, 3.63) is 83.5 Å². The number of hydrogen-bond acceptors (Lipinski definition) is 2. The van der Waals surface area contributed by atoms with Gasteiger partial charge in [0.25, 0.3) is 0 Å². The van der Waals surface area contributed by atoms with Crippen molar-refractivity contribution >= 4 is 27.1 Å². The number of thiophene rings is 1. The van der Waals surface area contributed by atoms with Crippen LogP contribution in [0.4, 0.5) is 0 Å². The fourth-order valence-corrected chi connectivity index (χ4v) is 5.61. The summed E-state index contributed by atoms with van der Waals surface area (Å²) in [6.07, 6.45) is 4.13. The average Bonchev–Trinajstić information content (AvgIpc) is 3.15. The van der Waals surface area contributed by atoms with E-state index < -0.39 is 0 Å². The van der Waals surface area contributed by atoms with E-state index in [0.29, 0.717) is 11.8 Å². The molecule has 4 rings (SSSR count). The Hall–Kier alpha value is -2.45. The van der Waals surface area contributed by atoms with E-state index >= 15 is 0 Å². The van der Waals surface area contributed by atoms with Crippen molar-refractivity contribution < 1.29 is 0 Å². The van der Waals surface area contributed by atoms with Gasteiger partial charge in [-0.2, -0.15) is 0 Å². The highest BCUT2D eigenvalue weighted by Gasteiger charge is 2.30. The Bertz CT molecular complexity index is 1130. The first-order chi connectivity index (χ1) is 13.9. The summed E-state index contributed by atoms with van der Waals surface area (Å²) in [6.45, 7) is 15.5. The molecule has 2 aromatic carbocycles. The van der Waals surface area contributed by atoms with Gasteiger partial charge < -0.3 is 0 Å². The van der Waals surface area contributed by atoms with Crippen molar-refractivity contribution in [1.82, 2.24) is 0 Å². The van der Waals surface area contributed by atoms with Crippen molar-refractivity contribution in [2.75, 3.05) is 0 Å². The van der Waals surface area contributed by atoms with Crippen LogP contribution in [-0.2, 0) is 0 Å². The topological polar surface area (TPSA) is 12.4 Å². The second kappa shape index (κ2) is 7.76. The molecule has 0 aliphatic carbocycles. The summed E-state index contributed by atoms with van der Waals surface area (Å²) in [4.78, 5) is 6.41. The highest BCUT2D eigenvalue weighted by molar-refractivity contribution is 7.22. The molecule has 1 aliphatic rings. The summed E-state index contributed by atoms with van der Waals surface area (Å²) in [5.74, 6) is 0.838. The monoisotopic (exact) mass is 399 g/mol. The molecule has 0 amide bonds. The van der Waals surface area contributed by atoms with Gasteiger partial charge >= 0.3 is 0 Å². The maximum Gasteiger partial charge on any atom is 0.0719 e. The van der Waals surface area contributed by atoms with E-state index in [1.54, 1.807) is 0 Å². The van der Waals surface area contributed by atoms with Gasteiger partial charge in [0.15, 0.2) is 0 Å². The molecule has 29 heavy (non-hydrogen) atoms. The molecule has 0 radical (unpaired) electrons. The quantitative estimate of drug-likeness (QED) is 0.393. The first-order valence-electron chi connectivity index (χ1n) is 10.5. The van der Waals surface area contributed by atoms with E-state index in [-0.39, 0.29) is 6.04 Å². The SMILES string of the molecule is C=C(/C=C\C)C1=NC(C)C(C)c2c1cc(C(C)C)c1cc(-c3ccccc3)sc21. The fourth-order valence-electron chi connectivity index (χ4n) is 4.27. The van der Waals surface area contributed by atoms with E-state index in [2.05, 4.69) is 82.8 Å².